The SMILES string of the molecule is O=C(NCc1cccnc1)C1CC1C(=O)Nc1cccc(Cl)c1. The molecule has 0 saturated heterocycles. The van der Waals surface area contributed by atoms with Gasteiger partial charge in [-0.15, -0.1) is 0 Å². The van der Waals surface area contributed by atoms with Crippen LogP contribution >= 0.6 is 11.6 Å². The number of hydrogen-bond acceptors (Lipinski definition) is 3. The molecule has 2 aromatic rings. The average Bonchev–Trinajstić information content (AvgIpc) is 3.34. The van der Waals surface area contributed by atoms with Gasteiger partial charge in [0.2, 0.25) is 11.8 Å². The topological polar surface area (TPSA) is 71.1 Å². The number of rotatable bonds is 5. The van der Waals surface area contributed by atoms with E-state index in [1.807, 2.05) is 12.1 Å². The van der Waals surface area contributed by atoms with Gasteiger partial charge in [-0.05, 0) is 36.2 Å². The Morgan fingerprint density at radius 3 is 2.74 bits per heavy atom. The molecule has 2 unspecified atom stereocenters. The van der Waals surface area contributed by atoms with Gasteiger partial charge in [-0.3, -0.25) is 14.6 Å². The minimum absolute atomic E-state index is 0.0971. The number of benzene rings is 1. The maximum absolute atomic E-state index is 12.1. The van der Waals surface area contributed by atoms with Crippen molar-refractivity contribution >= 4 is 29.1 Å². The summed E-state index contributed by atoms with van der Waals surface area (Å²) in [5.41, 5.74) is 1.57. The summed E-state index contributed by atoms with van der Waals surface area (Å²) in [5.74, 6) is -0.775. The van der Waals surface area contributed by atoms with E-state index in [-0.39, 0.29) is 23.7 Å². The Balaban J connectivity index is 1.48. The zero-order valence-electron chi connectivity index (χ0n) is 12.3. The molecule has 6 heteroatoms. The monoisotopic (exact) mass is 329 g/mol. The third kappa shape index (κ3) is 4.07. The van der Waals surface area contributed by atoms with Crippen LogP contribution in [-0.2, 0) is 16.1 Å². The van der Waals surface area contributed by atoms with Crippen LogP contribution < -0.4 is 10.6 Å². The highest BCUT2D eigenvalue weighted by Crippen LogP contribution is 2.39. The lowest BCUT2D eigenvalue weighted by atomic mass is 10.2. The number of pyridine rings is 1. The summed E-state index contributed by atoms with van der Waals surface area (Å²) in [7, 11) is 0. The first kappa shape index (κ1) is 15.5. The zero-order valence-corrected chi connectivity index (χ0v) is 13.1. The molecule has 0 radical (unpaired) electrons. The van der Waals surface area contributed by atoms with Crippen molar-refractivity contribution in [2.75, 3.05) is 5.32 Å². The van der Waals surface area contributed by atoms with E-state index in [1.165, 1.54) is 0 Å². The van der Waals surface area contributed by atoms with Gasteiger partial charge in [-0.25, -0.2) is 0 Å². The second kappa shape index (κ2) is 6.79. The molecule has 1 aromatic carbocycles. The highest BCUT2D eigenvalue weighted by atomic mass is 35.5. The molecule has 3 rings (SSSR count). The molecular formula is C17H16ClN3O2. The number of amides is 2. The molecule has 2 atom stereocenters. The minimum atomic E-state index is -0.275. The first-order chi connectivity index (χ1) is 11.1. The molecule has 0 bridgehead atoms. The van der Waals surface area contributed by atoms with E-state index in [4.69, 9.17) is 11.6 Å². The fraction of sp³-hybridized carbons (Fsp3) is 0.235. The highest BCUT2D eigenvalue weighted by molar-refractivity contribution is 6.30. The molecule has 1 saturated carbocycles. The van der Waals surface area contributed by atoms with Crippen molar-refractivity contribution in [2.45, 2.75) is 13.0 Å². The molecule has 5 nitrogen and oxygen atoms in total. The molecule has 1 heterocycles. The molecule has 23 heavy (non-hydrogen) atoms. The summed E-state index contributed by atoms with van der Waals surface area (Å²) in [6, 6.07) is 10.7. The van der Waals surface area contributed by atoms with E-state index >= 15 is 0 Å². The number of aromatic nitrogens is 1. The van der Waals surface area contributed by atoms with Gasteiger partial charge >= 0.3 is 0 Å². The Labute approximate surface area is 139 Å². The number of nitrogens with zero attached hydrogens (tertiary/aromatic N) is 1. The van der Waals surface area contributed by atoms with Crippen LogP contribution in [0.2, 0.25) is 5.02 Å². The molecule has 1 fully saturated rings. The molecule has 2 amide bonds. The molecule has 0 aliphatic heterocycles. The van der Waals surface area contributed by atoms with E-state index in [9.17, 15) is 9.59 Å². The highest BCUT2D eigenvalue weighted by Gasteiger charge is 2.47. The number of anilines is 1. The zero-order chi connectivity index (χ0) is 16.2. The Morgan fingerprint density at radius 2 is 2.00 bits per heavy atom. The average molecular weight is 330 g/mol. The predicted molar refractivity (Wildman–Crippen MR) is 87.8 cm³/mol. The van der Waals surface area contributed by atoms with Crippen molar-refractivity contribution in [1.82, 2.24) is 10.3 Å². The quantitative estimate of drug-likeness (QED) is 0.885. The van der Waals surface area contributed by atoms with Crippen LogP contribution in [0.4, 0.5) is 5.69 Å². The maximum atomic E-state index is 12.1. The maximum Gasteiger partial charge on any atom is 0.228 e. The molecular weight excluding hydrogens is 314 g/mol. The van der Waals surface area contributed by atoms with E-state index in [0.29, 0.717) is 23.7 Å². The van der Waals surface area contributed by atoms with Crippen molar-refractivity contribution < 1.29 is 9.59 Å². The first-order valence-corrected chi connectivity index (χ1v) is 7.74. The lowest BCUT2D eigenvalue weighted by Crippen LogP contribution is -2.27. The van der Waals surface area contributed by atoms with Crippen LogP contribution in [0.5, 0.6) is 0 Å². The number of hydrogen-bond donors (Lipinski definition) is 2. The fourth-order valence-corrected chi connectivity index (χ4v) is 2.59. The first-order valence-electron chi connectivity index (χ1n) is 7.36. The van der Waals surface area contributed by atoms with Gasteiger partial charge < -0.3 is 10.6 Å². The van der Waals surface area contributed by atoms with Crippen LogP contribution in [0.3, 0.4) is 0 Å². The Hall–Kier alpha value is -2.40. The molecule has 2 N–H and O–H groups in total. The van der Waals surface area contributed by atoms with Crippen LogP contribution in [0.15, 0.2) is 48.8 Å². The van der Waals surface area contributed by atoms with Gasteiger partial charge in [0.05, 0.1) is 11.8 Å². The van der Waals surface area contributed by atoms with E-state index in [0.717, 1.165) is 5.56 Å². The molecule has 118 valence electrons. The minimum Gasteiger partial charge on any atom is -0.352 e. The number of nitrogens with one attached hydrogen (secondary N) is 2. The smallest absolute Gasteiger partial charge is 0.228 e. The van der Waals surface area contributed by atoms with Gasteiger partial charge in [0.15, 0.2) is 0 Å². The fourth-order valence-electron chi connectivity index (χ4n) is 2.40. The summed E-state index contributed by atoms with van der Waals surface area (Å²) in [4.78, 5) is 28.2. The van der Waals surface area contributed by atoms with Crippen LogP contribution in [-0.4, -0.2) is 16.8 Å². The van der Waals surface area contributed by atoms with Gasteiger partial charge in [0.25, 0.3) is 0 Å². The third-order valence-corrected chi connectivity index (χ3v) is 3.98. The standard InChI is InChI=1S/C17H16ClN3O2/c18-12-4-1-5-13(7-12)21-17(23)15-8-14(15)16(22)20-10-11-3-2-6-19-9-11/h1-7,9,14-15H,8,10H2,(H,20,22)(H,21,23). The summed E-state index contributed by atoms with van der Waals surface area (Å²) >= 11 is 5.88. The van der Waals surface area contributed by atoms with Crippen molar-refractivity contribution in [1.29, 1.82) is 0 Å². The van der Waals surface area contributed by atoms with Crippen LogP contribution in [0, 0.1) is 11.8 Å². The lowest BCUT2D eigenvalue weighted by molar-refractivity contribution is -0.125. The van der Waals surface area contributed by atoms with Crippen molar-refractivity contribution in [3.8, 4) is 0 Å². The Bertz CT molecular complexity index is 721. The molecule has 1 aromatic heterocycles. The van der Waals surface area contributed by atoms with Gasteiger partial charge in [0.1, 0.15) is 0 Å². The number of halogens is 1. The number of carbonyl (C=O) groups is 2. The lowest BCUT2D eigenvalue weighted by Gasteiger charge is -2.06. The van der Waals surface area contributed by atoms with E-state index in [2.05, 4.69) is 15.6 Å². The molecule has 1 aliphatic rings. The van der Waals surface area contributed by atoms with Crippen LogP contribution in [0.25, 0.3) is 0 Å². The van der Waals surface area contributed by atoms with E-state index < -0.39 is 0 Å². The Morgan fingerprint density at radius 1 is 1.17 bits per heavy atom. The Kier molecular flexibility index (Phi) is 4.57. The molecule has 1 aliphatic carbocycles. The van der Waals surface area contributed by atoms with Gasteiger partial charge in [-0.1, -0.05) is 23.7 Å². The third-order valence-electron chi connectivity index (χ3n) is 3.75. The van der Waals surface area contributed by atoms with Gasteiger partial charge in [0, 0.05) is 29.6 Å². The van der Waals surface area contributed by atoms with Crippen molar-refractivity contribution in [3.63, 3.8) is 0 Å². The van der Waals surface area contributed by atoms with Crippen LogP contribution in [0.1, 0.15) is 12.0 Å². The summed E-state index contributed by atoms with van der Waals surface area (Å²) in [6.07, 6.45) is 3.96. The second-order valence-corrected chi connectivity index (χ2v) is 5.96. The number of carbonyl (C=O) groups excluding carboxylic acids is 2. The van der Waals surface area contributed by atoms with Crippen molar-refractivity contribution in [2.24, 2.45) is 11.8 Å². The summed E-state index contributed by atoms with van der Waals surface area (Å²) < 4.78 is 0. The normalized spacial score (nSPS) is 19.0. The van der Waals surface area contributed by atoms with E-state index in [1.54, 1.807) is 36.7 Å². The summed E-state index contributed by atoms with van der Waals surface area (Å²) in [6.45, 7) is 0.422. The van der Waals surface area contributed by atoms with Crippen molar-refractivity contribution in [3.05, 3.63) is 59.4 Å². The molecule has 0 spiro atoms. The predicted octanol–water partition coefficient (Wildman–Crippen LogP) is 2.63. The summed E-state index contributed by atoms with van der Waals surface area (Å²) in [5, 5.41) is 6.19. The largest absolute Gasteiger partial charge is 0.352 e. The second-order valence-electron chi connectivity index (χ2n) is 5.53. The van der Waals surface area contributed by atoms with Gasteiger partial charge in [-0.2, -0.15) is 0 Å².